The molecule has 0 atom stereocenters. The third-order valence-electron chi connectivity index (χ3n) is 3.12. The lowest BCUT2D eigenvalue weighted by Gasteiger charge is -2.31. The van der Waals surface area contributed by atoms with Crippen LogP contribution in [0.2, 0.25) is 5.02 Å². The first-order chi connectivity index (χ1) is 8.83. The highest BCUT2D eigenvalue weighted by molar-refractivity contribution is 6.30. The average Bonchev–Trinajstić information content (AvgIpc) is 2.94. The monoisotopic (exact) mass is 264 g/mol. The van der Waals surface area contributed by atoms with Crippen molar-refractivity contribution >= 4 is 17.5 Å². The van der Waals surface area contributed by atoms with Crippen LogP contribution in [-0.2, 0) is 0 Å². The Bertz CT molecular complexity index is 489. The van der Waals surface area contributed by atoms with Crippen LogP contribution in [0.1, 0.15) is 18.9 Å². The highest BCUT2D eigenvalue weighted by Crippen LogP contribution is 2.23. The Morgan fingerprint density at radius 1 is 1.06 bits per heavy atom. The molecule has 94 valence electrons. The summed E-state index contributed by atoms with van der Waals surface area (Å²) in [5.41, 5.74) is 0. The molecule has 0 unspecified atom stereocenters. The van der Waals surface area contributed by atoms with E-state index < -0.39 is 0 Å². The summed E-state index contributed by atoms with van der Waals surface area (Å²) in [6.45, 7) is 1.82. The Hall–Kier alpha value is -1.69. The summed E-state index contributed by atoms with van der Waals surface area (Å²) in [4.78, 5) is 12.4. The van der Waals surface area contributed by atoms with Gasteiger partial charge in [0.25, 0.3) is 0 Å². The van der Waals surface area contributed by atoms with E-state index in [-0.39, 0.29) is 0 Å². The second-order valence-corrected chi connectivity index (χ2v) is 4.71. The molecular formula is C11H13ClN6. The van der Waals surface area contributed by atoms with Crippen molar-refractivity contribution < 1.29 is 0 Å². The lowest BCUT2D eigenvalue weighted by molar-refractivity contribution is 0.331. The molecule has 18 heavy (non-hydrogen) atoms. The van der Waals surface area contributed by atoms with Gasteiger partial charge in [-0.3, -0.25) is 0 Å². The second kappa shape index (κ2) is 4.89. The molecule has 0 N–H and O–H groups in total. The number of halogens is 1. The quantitative estimate of drug-likeness (QED) is 0.824. The Morgan fingerprint density at radius 2 is 1.67 bits per heavy atom. The fourth-order valence-electron chi connectivity index (χ4n) is 2.18. The van der Waals surface area contributed by atoms with Gasteiger partial charge in [0.1, 0.15) is 0 Å². The molecule has 1 aliphatic rings. The van der Waals surface area contributed by atoms with Crippen LogP contribution in [0.4, 0.5) is 5.95 Å². The van der Waals surface area contributed by atoms with Gasteiger partial charge >= 0.3 is 0 Å². The number of hydrogen-bond donors (Lipinski definition) is 0. The summed E-state index contributed by atoms with van der Waals surface area (Å²) >= 11 is 5.78. The number of anilines is 1. The third kappa shape index (κ3) is 2.28. The molecule has 0 radical (unpaired) electrons. The van der Waals surface area contributed by atoms with E-state index in [2.05, 4.69) is 25.1 Å². The Kier molecular flexibility index (Phi) is 3.10. The van der Waals surface area contributed by atoms with Crippen LogP contribution in [0.15, 0.2) is 24.8 Å². The van der Waals surface area contributed by atoms with Crippen molar-refractivity contribution in [1.82, 2.24) is 25.0 Å². The first kappa shape index (κ1) is 11.4. The lowest BCUT2D eigenvalue weighted by atomic mass is 10.1. The highest BCUT2D eigenvalue weighted by atomic mass is 35.5. The zero-order valence-electron chi connectivity index (χ0n) is 9.78. The maximum Gasteiger partial charge on any atom is 0.225 e. The fraction of sp³-hybridized carbons (Fsp3) is 0.455. The predicted molar refractivity (Wildman–Crippen MR) is 67.5 cm³/mol. The van der Waals surface area contributed by atoms with Gasteiger partial charge in [-0.05, 0) is 12.8 Å². The molecule has 0 bridgehead atoms. The van der Waals surface area contributed by atoms with Gasteiger partial charge in [-0.2, -0.15) is 15.0 Å². The van der Waals surface area contributed by atoms with E-state index in [0.717, 1.165) is 31.9 Å². The van der Waals surface area contributed by atoms with Gasteiger partial charge < -0.3 is 4.90 Å². The highest BCUT2D eigenvalue weighted by Gasteiger charge is 2.22. The van der Waals surface area contributed by atoms with Gasteiger partial charge in [0.05, 0.1) is 35.9 Å². The summed E-state index contributed by atoms with van der Waals surface area (Å²) in [5.74, 6) is 0.742. The summed E-state index contributed by atoms with van der Waals surface area (Å²) in [5, 5.41) is 8.94. The van der Waals surface area contributed by atoms with E-state index in [4.69, 9.17) is 11.6 Å². The van der Waals surface area contributed by atoms with Crippen LogP contribution in [0.25, 0.3) is 0 Å². The first-order valence-corrected chi connectivity index (χ1v) is 6.29. The molecule has 1 fully saturated rings. The van der Waals surface area contributed by atoms with Crippen molar-refractivity contribution in [3.8, 4) is 0 Å². The van der Waals surface area contributed by atoms with E-state index in [1.54, 1.807) is 29.6 Å². The predicted octanol–water partition coefficient (Wildman–Crippen LogP) is 1.56. The van der Waals surface area contributed by atoms with Crippen LogP contribution >= 0.6 is 11.6 Å². The first-order valence-electron chi connectivity index (χ1n) is 5.91. The molecule has 3 rings (SSSR count). The van der Waals surface area contributed by atoms with Crippen molar-refractivity contribution in [3.05, 3.63) is 29.8 Å². The van der Waals surface area contributed by atoms with Gasteiger partial charge in [-0.25, -0.2) is 9.97 Å². The number of rotatable bonds is 2. The van der Waals surface area contributed by atoms with Crippen molar-refractivity contribution in [2.75, 3.05) is 18.0 Å². The zero-order valence-corrected chi connectivity index (χ0v) is 10.5. The molecule has 1 aliphatic heterocycles. The normalized spacial score (nSPS) is 17.1. The molecule has 2 aromatic heterocycles. The second-order valence-electron chi connectivity index (χ2n) is 4.27. The molecule has 7 heteroatoms. The molecule has 1 saturated heterocycles. The number of hydrogen-bond acceptors (Lipinski definition) is 5. The molecule has 0 aromatic carbocycles. The van der Waals surface area contributed by atoms with Gasteiger partial charge in [0, 0.05) is 13.1 Å². The molecule has 6 nitrogen and oxygen atoms in total. The fourth-order valence-corrected chi connectivity index (χ4v) is 2.28. The van der Waals surface area contributed by atoms with Crippen molar-refractivity contribution in [2.24, 2.45) is 0 Å². The minimum Gasteiger partial charge on any atom is -0.341 e. The Balaban J connectivity index is 1.65. The standard InChI is InChI=1S/C11H13ClN6/c12-9-7-13-11(14-8-9)17-5-1-10(2-6-17)18-15-3-4-16-18/h3-4,7-8,10H,1-2,5-6H2. The molecule has 0 aliphatic carbocycles. The number of piperidine rings is 1. The number of nitrogens with zero attached hydrogens (tertiary/aromatic N) is 6. The van der Waals surface area contributed by atoms with Crippen LogP contribution in [0.3, 0.4) is 0 Å². The summed E-state index contributed by atoms with van der Waals surface area (Å²) in [6, 6.07) is 0.378. The van der Waals surface area contributed by atoms with Crippen LogP contribution in [-0.4, -0.2) is 38.1 Å². The van der Waals surface area contributed by atoms with Crippen LogP contribution in [0.5, 0.6) is 0 Å². The Morgan fingerprint density at radius 3 is 2.28 bits per heavy atom. The minimum absolute atomic E-state index is 0.378. The maximum absolute atomic E-state index is 5.78. The number of aromatic nitrogens is 5. The van der Waals surface area contributed by atoms with E-state index in [9.17, 15) is 0 Å². The van der Waals surface area contributed by atoms with Crippen molar-refractivity contribution in [1.29, 1.82) is 0 Å². The van der Waals surface area contributed by atoms with E-state index >= 15 is 0 Å². The molecule has 2 aromatic rings. The summed E-state index contributed by atoms with van der Waals surface area (Å²) in [7, 11) is 0. The zero-order chi connectivity index (χ0) is 12.4. The van der Waals surface area contributed by atoms with Crippen LogP contribution < -0.4 is 4.90 Å². The van der Waals surface area contributed by atoms with Crippen LogP contribution in [0, 0.1) is 0 Å². The van der Waals surface area contributed by atoms with E-state index in [1.165, 1.54) is 0 Å². The summed E-state index contributed by atoms with van der Waals surface area (Å²) in [6.07, 6.45) is 8.70. The average molecular weight is 265 g/mol. The molecule has 0 saturated carbocycles. The largest absolute Gasteiger partial charge is 0.341 e. The van der Waals surface area contributed by atoms with E-state index in [1.807, 2.05) is 0 Å². The third-order valence-corrected chi connectivity index (χ3v) is 3.31. The SMILES string of the molecule is Clc1cnc(N2CCC(n3nccn3)CC2)nc1. The molecule has 3 heterocycles. The Labute approximate surface area is 110 Å². The lowest BCUT2D eigenvalue weighted by Crippen LogP contribution is -2.36. The van der Waals surface area contributed by atoms with Gasteiger partial charge in [-0.15, -0.1) is 0 Å². The topological polar surface area (TPSA) is 59.7 Å². The molecular weight excluding hydrogens is 252 g/mol. The minimum atomic E-state index is 0.378. The van der Waals surface area contributed by atoms with Crippen molar-refractivity contribution in [3.63, 3.8) is 0 Å². The molecule has 0 spiro atoms. The van der Waals surface area contributed by atoms with Gasteiger partial charge in [-0.1, -0.05) is 11.6 Å². The smallest absolute Gasteiger partial charge is 0.225 e. The van der Waals surface area contributed by atoms with Crippen molar-refractivity contribution in [2.45, 2.75) is 18.9 Å². The van der Waals surface area contributed by atoms with Gasteiger partial charge in [0.2, 0.25) is 5.95 Å². The maximum atomic E-state index is 5.78. The molecule has 0 amide bonds. The summed E-state index contributed by atoms with van der Waals surface area (Å²) < 4.78 is 0. The van der Waals surface area contributed by atoms with Gasteiger partial charge in [0.15, 0.2) is 0 Å². The van der Waals surface area contributed by atoms with E-state index in [0.29, 0.717) is 11.1 Å².